The first kappa shape index (κ1) is 19.3. The van der Waals surface area contributed by atoms with Crippen molar-refractivity contribution in [3.63, 3.8) is 0 Å². The minimum absolute atomic E-state index is 0.215. The smallest absolute Gasteiger partial charge is 0.190 e. The molecule has 0 bridgehead atoms. The van der Waals surface area contributed by atoms with Crippen LogP contribution in [0.2, 0.25) is 5.02 Å². The topological polar surface area (TPSA) is 75.6 Å². The molecule has 3 aromatic carbocycles. The Morgan fingerprint density at radius 1 is 0.966 bits per heavy atom. The van der Waals surface area contributed by atoms with Gasteiger partial charge in [-0.05, 0) is 34.0 Å². The van der Waals surface area contributed by atoms with Crippen LogP contribution < -0.4 is 5.73 Å². The third-order valence-electron chi connectivity index (χ3n) is 4.62. The van der Waals surface area contributed by atoms with Crippen LogP contribution in [0.4, 0.5) is 5.82 Å². The third-order valence-corrected chi connectivity index (χ3v) is 5.77. The molecule has 0 atom stereocenters. The van der Waals surface area contributed by atoms with Crippen molar-refractivity contribution in [2.24, 2.45) is 0 Å². The van der Waals surface area contributed by atoms with Crippen LogP contribution in [-0.2, 0) is 12.2 Å². The molecule has 1 aromatic heterocycles. The summed E-state index contributed by atoms with van der Waals surface area (Å²) in [6, 6.07) is 24.2. The lowest BCUT2D eigenvalue weighted by molar-refractivity contribution is 0.902. The molecule has 6 heteroatoms. The van der Waals surface area contributed by atoms with Crippen molar-refractivity contribution in [1.29, 1.82) is 5.26 Å². The molecule has 2 N–H and O–H groups in total. The van der Waals surface area contributed by atoms with E-state index in [0.29, 0.717) is 33.6 Å². The molecule has 29 heavy (non-hydrogen) atoms. The van der Waals surface area contributed by atoms with Crippen LogP contribution in [0.1, 0.15) is 22.4 Å². The van der Waals surface area contributed by atoms with E-state index >= 15 is 0 Å². The zero-order chi connectivity index (χ0) is 20.2. The van der Waals surface area contributed by atoms with Crippen LogP contribution in [0.5, 0.6) is 0 Å². The summed E-state index contributed by atoms with van der Waals surface area (Å²) < 4.78 is 0. The van der Waals surface area contributed by atoms with Crippen LogP contribution >= 0.6 is 23.4 Å². The van der Waals surface area contributed by atoms with Gasteiger partial charge < -0.3 is 5.73 Å². The number of nitriles is 1. The van der Waals surface area contributed by atoms with Gasteiger partial charge >= 0.3 is 0 Å². The van der Waals surface area contributed by atoms with Crippen molar-refractivity contribution in [2.45, 2.75) is 17.3 Å². The van der Waals surface area contributed by atoms with E-state index in [1.807, 2.05) is 36.4 Å². The second kappa shape index (κ2) is 8.52. The third kappa shape index (κ3) is 4.34. The van der Waals surface area contributed by atoms with Gasteiger partial charge in [-0.2, -0.15) is 5.26 Å². The fraction of sp³-hybridized carbons (Fsp3) is 0.0870. The van der Waals surface area contributed by atoms with E-state index < -0.39 is 0 Å². The molecule has 0 spiro atoms. The summed E-state index contributed by atoms with van der Waals surface area (Å²) in [5.74, 6) is 0.930. The molecule has 4 rings (SSSR count). The zero-order valence-corrected chi connectivity index (χ0v) is 17.0. The Morgan fingerprint density at radius 3 is 2.52 bits per heavy atom. The van der Waals surface area contributed by atoms with E-state index in [-0.39, 0.29) is 5.82 Å². The number of aromatic nitrogens is 2. The SMILES string of the molecule is N#Cc1c(N)nc(SCc2cccc3ccccc23)nc1Cc1ccc(Cl)cc1. The van der Waals surface area contributed by atoms with E-state index in [2.05, 4.69) is 46.4 Å². The highest BCUT2D eigenvalue weighted by atomic mass is 35.5. The molecule has 0 aliphatic rings. The molecule has 4 aromatic rings. The number of nitrogens with zero attached hydrogens (tertiary/aromatic N) is 3. The highest BCUT2D eigenvalue weighted by molar-refractivity contribution is 7.98. The fourth-order valence-corrected chi connectivity index (χ4v) is 4.17. The molecule has 142 valence electrons. The van der Waals surface area contributed by atoms with E-state index in [1.165, 1.54) is 28.1 Å². The quantitative estimate of drug-likeness (QED) is 0.337. The van der Waals surface area contributed by atoms with Gasteiger partial charge in [-0.1, -0.05) is 78.0 Å². The highest BCUT2D eigenvalue weighted by Gasteiger charge is 2.14. The lowest BCUT2D eigenvalue weighted by Crippen LogP contribution is -2.06. The average molecular weight is 417 g/mol. The lowest BCUT2D eigenvalue weighted by atomic mass is 10.1. The molecular formula is C23H17ClN4S. The molecular weight excluding hydrogens is 400 g/mol. The Bertz CT molecular complexity index is 1210. The van der Waals surface area contributed by atoms with Gasteiger partial charge in [0.15, 0.2) is 5.16 Å². The van der Waals surface area contributed by atoms with E-state index in [0.717, 1.165) is 5.56 Å². The van der Waals surface area contributed by atoms with Crippen molar-refractivity contribution >= 4 is 40.0 Å². The van der Waals surface area contributed by atoms with Gasteiger partial charge in [0.05, 0.1) is 5.69 Å². The van der Waals surface area contributed by atoms with Gasteiger partial charge in [-0.25, -0.2) is 9.97 Å². The van der Waals surface area contributed by atoms with Gasteiger partial charge in [0.2, 0.25) is 0 Å². The number of fused-ring (bicyclic) bond motifs is 1. The highest BCUT2D eigenvalue weighted by Crippen LogP contribution is 2.28. The van der Waals surface area contributed by atoms with E-state index in [4.69, 9.17) is 17.3 Å². The van der Waals surface area contributed by atoms with Crippen molar-refractivity contribution in [2.75, 3.05) is 5.73 Å². The lowest BCUT2D eigenvalue weighted by Gasteiger charge is -2.10. The molecule has 4 nitrogen and oxygen atoms in total. The second-order valence-electron chi connectivity index (χ2n) is 6.56. The Hall–Kier alpha value is -3.07. The summed E-state index contributed by atoms with van der Waals surface area (Å²) in [6.45, 7) is 0. The predicted octanol–water partition coefficient (Wildman–Crippen LogP) is 5.62. The summed E-state index contributed by atoms with van der Waals surface area (Å²) in [7, 11) is 0. The monoisotopic (exact) mass is 416 g/mol. The summed E-state index contributed by atoms with van der Waals surface area (Å²) in [6.07, 6.45) is 0.495. The standard InChI is InChI=1S/C23H17ClN4S/c24-18-10-8-15(9-11-18)12-21-20(13-25)22(26)28-23(27-21)29-14-17-6-3-5-16-4-1-2-7-19(16)17/h1-11H,12,14H2,(H2,26,27,28). The van der Waals surface area contributed by atoms with Crippen molar-refractivity contribution in [3.05, 3.63) is 94.1 Å². The second-order valence-corrected chi connectivity index (χ2v) is 7.93. The number of hydrogen-bond acceptors (Lipinski definition) is 5. The normalized spacial score (nSPS) is 10.8. The molecule has 0 radical (unpaired) electrons. The van der Waals surface area contributed by atoms with Crippen molar-refractivity contribution in [1.82, 2.24) is 9.97 Å². The number of rotatable bonds is 5. The maximum Gasteiger partial charge on any atom is 0.190 e. The summed E-state index contributed by atoms with van der Waals surface area (Å²) >= 11 is 7.48. The van der Waals surface area contributed by atoms with Crippen molar-refractivity contribution < 1.29 is 0 Å². The van der Waals surface area contributed by atoms with Crippen LogP contribution in [0.3, 0.4) is 0 Å². The molecule has 0 unspecified atom stereocenters. The fourth-order valence-electron chi connectivity index (χ4n) is 3.17. The summed E-state index contributed by atoms with van der Waals surface area (Å²) in [5.41, 5.74) is 9.23. The number of nitrogens with two attached hydrogens (primary N) is 1. The first-order valence-electron chi connectivity index (χ1n) is 9.04. The molecule has 0 fully saturated rings. The summed E-state index contributed by atoms with van der Waals surface area (Å²) in [5, 5.41) is 13.2. The predicted molar refractivity (Wildman–Crippen MR) is 119 cm³/mol. The van der Waals surface area contributed by atoms with Crippen LogP contribution in [0.25, 0.3) is 10.8 Å². The molecule has 0 saturated carbocycles. The number of nitrogen functional groups attached to an aromatic ring is 1. The first-order valence-corrected chi connectivity index (χ1v) is 10.4. The molecule has 0 aliphatic carbocycles. The molecule has 0 saturated heterocycles. The maximum absolute atomic E-state index is 9.50. The van der Waals surface area contributed by atoms with Gasteiger partial charge in [0, 0.05) is 17.2 Å². The van der Waals surface area contributed by atoms with Gasteiger partial charge in [0.25, 0.3) is 0 Å². The number of anilines is 1. The summed E-state index contributed by atoms with van der Waals surface area (Å²) in [4.78, 5) is 8.98. The minimum atomic E-state index is 0.215. The zero-order valence-electron chi connectivity index (χ0n) is 15.5. The average Bonchev–Trinajstić information content (AvgIpc) is 2.74. The number of halogens is 1. The molecule has 0 amide bonds. The Balaban J connectivity index is 1.61. The maximum atomic E-state index is 9.50. The van der Waals surface area contributed by atoms with Gasteiger partial charge in [0.1, 0.15) is 17.5 Å². The van der Waals surface area contributed by atoms with E-state index in [1.54, 1.807) is 0 Å². The van der Waals surface area contributed by atoms with E-state index in [9.17, 15) is 5.26 Å². The Morgan fingerprint density at radius 2 is 1.72 bits per heavy atom. The minimum Gasteiger partial charge on any atom is -0.382 e. The Kier molecular flexibility index (Phi) is 5.66. The van der Waals surface area contributed by atoms with Crippen molar-refractivity contribution in [3.8, 4) is 6.07 Å². The number of hydrogen-bond donors (Lipinski definition) is 1. The van der Waals surface area contributed by atoms with Gasteiger partial charge in [-0.3, -0.25) is 0 Å². The van der Waals surface area contributed by atoms with Gasteiger partial charge in [-0.15, -0.1) is 0 Å². The number of benzene rings is 3. The number of thioether (sulfide) groups is 1. The van der Waals surface area contributed by atoms with Crippen LogP contribution in [0, 0.1) is 11.3 Å². The molecule has 0 aliphatic heterocycles. The van der Waals surface area contributed by atoms with Crippen LogP contribution in [-0.4, -0.2) is 9.97 Å². The first-order chi connectivity index (χ1) is 14.1. The van der Waals surface area contributed by atoms with Crippen LogP contribution in [0.15, 0.2) is 71.9 Å². The largest absolute Gasteiger partial charge is 0.382 e. The Labute approximate surface area is 178 Å². The molecule has 1 heterocycles.